The molecule has 1 saturated carbocycles. The van der Waals surface area contributed by atoms with Crippen molar-refractivity contribution in [2.75, 3.05) is 0 Å². The van der Waals surface area contributed by atoms with E-state index in [1.807, 2.05) is 0 Å². The van der Waals surface area contributed by atoms with Gasteiger partial charge in [0.15, 0.2) is 0 Å². The monoisotopic (exact) mass is 226 g/mol. The molecule has 0 N–H and O–H groups in total. The standard InChI is InChI=1S/C17H22/c1-4-11(2)15-10-17-14-7-5-13(6-8-14)16(17)9-12(15)3/h4,9-10,13-14H,5-8H2,1-3H3/b11-4-. The second kappa shape index (κ2) is 4.01. The van der Waals surface area contributed by atoms with E-state index in [1.165, 1.54) is 42.4 Å². The summed E-state index contributed by atoms with van der Waals surface area (Å²) in [5.41, 5.74) is 7.71. The molecule has 90 valence electrons. The molecule has 0 radical (unpaired) electrons. The zero-order valence-corrected chi connectivity index (χ0v) is 11.2. The van der Waals surface area contributed by atoms with Gasteiger partial charge < -0.3 is 0 Å². The normalized spacial score (nSPS) is 27.1. The molecule has 0 aliphatic heterocycles. The van der Waals surface area contributed by atoms with Crippen LogP contribution in [0, 0.1) is 6.92 Å². The van der Waals surface area contributed by atoms with Gasteiger partial charge in [-0.3, -0.25) is 0 Å². The van der Waals surface area contributed by atoms with Gasteiger partial charge in [-0.25, -0.2) is 0 Å². The Morgan fingerprint density at radius 1 is 1.06 bits per heavy atom. The van der Waals surface area contributed by atoms with Gasteiger partial charge in [0, 0.05) is 0 Å². The fourth-order valence-electron chi connectivity index (χ4n) is 3.75. The lowest BCUT2D eigenvalue weighted by molar-refractivity contribution is 0.358. The Morgan fingerprint density at radius 2 is 1.59 bits per heavy atom. The van der Waals surface area contributed by atoms with Crippen molar-refractivity contribution in [3.63, 3.8) is 0 Å². The van der Waals surface area contributed by atoms with Crippen molar-refractivity contribution in [2.45, 2.75) is 58.3 Å². The van der Waals surface area contributed by atoms with Crippen LogP contribution in [0.2, 0.25) is 0 Å². The van der Waals surface area contributed by atoms with Crippen LogP contribution in [-0.4, -0.2) is 0 Å². The van der Waals surface area contributed by atoms with Crippen LogP contribution in [0.5, 0.6) is 0 Å². The van der Waals surface area contributed by atoms with Crippen LogP contribution < -0.4 is 0 Å². The number of hydrogen-bond donors (Lipinski definition) is 0. The van der Waals surface area contributed by atoms with Gasteiger partial charge >= 0.3 is 0 Å². The molecule has 0 nitrogen and oxygen atoms in total. The molecule has 0 unspecified atom stereocenters. The van der Waals surface area contributed by atoms with Gasteiger partial charge in [-0.05, 0) is 86.1 Å². The van der Waals surface area contributed by atoms with Crippen LogP contribution in [0.15, 0.2) is 18.2 Å². The maximum absolute atomic E-state index is 2.50. The lowest BCUT2D eigenvalue weighted by Gasteiger charge is -2.39. The summed E-state index contributed by atoms with van der Waals surface area (Å²) < 4.78 is 0. The first-order chi connectivity index (χ1) is 8.20. The summed E-state index contributed by atoms with van der Waals surface area (Å²) in [4.78, 5) is 0. The summed E-state index contributed by atoms with van der Waals surface area (Å²) in [5.74, 6) is 1.73. The Labute approximate surface area is 105 Å². The molecule has 4 rings (SSSR count). The summed E-state index contributed by atoms with van der Waals surface area (Å²) in [5, 5.41) is 0. The Bertz CT molecular complexity index is 471. The minimum absolute atomic E-state index is 0.860. The van der Waals surface area contributed by atoms with Crippen molar-refractivity contribution in [2.24, 2.45) is 0 Å². The average Bonchev–Trinajstić information content (AvgIpc) is 2.38. The second-order valence-corrected chi connectivity index (χ2v) is 5.82. The van der Waals surface area contributed by atoms with Crippen LogP contribution in [0.4, 0.5) is 0 Å². The van der Waals surface area contributed by atoms with E-state index < -0.39 is 0 Å². The minimum Gasteiger partial charge on any atom is -0.0841 e. The van der Waals surface area contributed by atoms with Gasteiger partial charge in [0.2, 0.25) is 0 Å². The molecule has 17 heavy (non-hydrogen) atoms. The molecule has 0 aromatic heterocycles. The molecule has 0 saturated heterocycles. The quantitative estimate of drug-likeness (QED) is 0.619. The molecule has 0 heteroatoms. The molecule has 0 atom stereocenters. The molecule has 2 bridgehead atoms. The van der Waals surface area contributed by atoms with Crippen molar-refractivity contribution < 1.29 is 0 Å². The highest BCUT2D eigenvalue weighted by Gasteiger charge is 2.33. The van der Waals surface area contributed by atoms with Crippen molar-refractivity contribution in [1.29, 1.82) is 0 Å². The van der Waals surface area contributed by atoms with Crippen LogP contribution in [0.3, 0.4) is 0 Å². The summed E-state index contributed by atoms with van der Waals surface area (Å²) in [6.07, 6.45) is 7.94. The number of hydrogen-bond acceptors (Lipinski definition) is 0. The van der Waals surface area contributed by atoms with Crippen molar-refractivity contribution in [3.05, 3.63) is 40.5 Å². The van der Waals surface area contributed by atoms with Crippen LogP contribution in [-0.2, 0) is 0 Å². The lowest BCUT2D eigenvalue weighted by atomic mass is 9.66. The Hall–Kier alpha value is -1.04. The third-order valence-electron chi connectivity index (χ3n) is 4.89. The highest BCUT2D eigenvalue weighted by atomic mass is 14.4. The Kier molecular flexibility index (Phi) is 2.61. The summed E-state index contributed by atoms with van der Waals surface area (Å²) in [6, 6.07) is 4.98. The van der Waals surface area contributed by atoms with E-state index in [2.05, 4.69) is 39.0 Å². The fraction of sp³-hybridized carbons (Fsp3) is 0.529. The Morgan fingerprint density at radius 3 is 2.12 bits per heavy atom. The van der Waals surface area contributed by atoms with Crippen molar-refractivity contribution in [3.8, 4) is 0 Å². The molecule has 3 aliphatic carbocycles. The number of benzene rings is 1. The predicted octanol–water partition coefficient (Wildman–Crippen LogP) is 5.17. The van der Waals surface area contributed by atoms with E-state index in [9.17, 15) is 0 Å². The van der Waals surface area contributed by atoms with Gasteiger partial charge in [-0.1, -0.05) is 18.2 Å². The van der Waals surface area contributed by atoms with E-state index in [0.717, 1.165) is 11.8 Å². The largest absolute Gasteiger partial charge is 0.0841 e. The Balaban J connectivity index is 2.15. The summed E-state index contributed by atoms with van der Waals surface area (Å²) in [7, 11) is 0. The van der Waals surface area contributed by atoms with Crippen molar-refractivity contribution in [1.82, 2.24) is 0 Å². The topological polar surface area (TPSA) is 0 Å². The van der Waals surface area contributed by atoms with Crippen LogP contribution in [0.25, 0.3) is 5.57 Å². The zero-order chi connectivity index (χ0) is 12.0. The van der Waals surface area contributed by atoms with Gasteiger partial charge in [0.1, 0.15) is 0 Å². The summed E-state index contributed by atoms with van der Waals surface area (Å²) >= 11 is 0. The number of fused-ring (bicyclic) bond motifs is 2. The van der Waals surface area contributed by atoms with E-state index >= 15 is 0 Å². The van der Waals surface area contributed by atoms with Crippen LogP contribution in [0.1, 0.15) is 73.6 Å². The van der Waals surface area contributed by atoms with Gasteiger partial charge in [0.05, 0.1) is 0 Å². The van der Waals surface area contributed by atoms with Gasteiger partial charge in [0.25, 0.3) is 0 Å². The van der Waals surface area contributed by atoms with E-state index in [4.69, 9.17) is 0 Å². The maximum Gasteiger partial charge on any atom is -0.0158 e. The molecular weight excluding hydrogens is 204 g/mol. The third-order valence-corrected chi connectivity index (χ3v) is 4.89. The number of rotatable bonds is 1. The predicted molar refractivity (Wildman–Crippen MR) is 74.5 cm³/mol. The van der Waals surface area contributed by atoms with Crippen molar-refractivity contribution >= 4 is 5.57 Å². The number of aryl methyl sites for hydroxylation is 1. The summed E-state index contributed by atoms with van der Waals surface area (Å²) in [6.45, 7) is 6.64. The fourth-order valence-corrected chi connectivity index (χ4v) is 3.75. The first kappa shape index (κ1) is 11.1. The highest BCUT2D eigenvalue weighted by Crippen LogP contribution is 2.50. The molecule has 0 heterocycles. The molecular formula is C17H22. The van der Waals surface area contributed by atoms with Gasteiger partial charge in [-0.15, -0.1) is 0 Å². The van der Waals surface area contributed by atoms with Gasteiger partial charge in [-0.2, -0.15) is 0 Å². The molecule has 1 fully saturated rings. The number of allylic oxidation sites excluding steroid dienone is 2. The second-order valence-electron chi connectivity index (χ2n) is 5.82. The average molecular weight is 226 g/mol. The van der Waals surface area contributed by atoms with E-state index in [0.29, 0.717) is 0 Å². The molecule has 0 spiro atoms. The minimum atomic E-state index is 0.860. The zero-order valence-electron chi connectivity index (χ0n) is 11.2. The molecule has 3 aliphatic rings. The molecule has 1 aromatic rings. The third kappa shape index (κ3) is 1.66. The molecule has 0 amide bonds. The SMILES string of the molecule is C/C=C(/C)c1cc2c(cc1C)C1CCC2CC1. The first-order valence-electron chi connectivity index (χ1n) is 6.98. The first-order valence-corrected chi connectivity index (χ1v) is 6.98. The van der Waals surface area contributed by atoms with Crippen LogP contribution >= 0.6 is 0 Å². The maximum atomic E-state index is 2.50. The molecule has 1 aromatic carbocycles. The van der Waals surface area contributed by atoms with E-state index in [1.54, 1.807) is 11.1 Å². The lowest BCUT2D eigenvalue weighted by Crippen LogP contribution is -2.22. The van der Waals surface area contributed by atoms with E-state index in [-0.39, 0.29) is 0 Å². The highest BCUT2D eigenvalue weighted by molar-refractivity contribution is 5.68. The smallest absolute Gasteiger partial charge is 0.0158 e.